The Morgan fingerprint density at radius 1 is 0.980 bits per heavy atom. The fraction of sp³-hybridized carbons (Fsp3) is 0.297. The monoisotopic (exact) mass is 681 g/mol. The SMILES string of the molecule is COc1ccc2ccccc2c1CN1C(=O)[C@@H](NC(=O)C(C)N(C)C(=O)OC(C)(C)C)CN(C(=O)c2ccc([N+](=O)[O-])cc2)c2ccccc21. The van der Waals surface area contributed by atoms with Gasteiger partial charge < -0.3 is 24.6 Å². The van der Waals surface area contributed by atoms with E-state index in [0.717, 1.165) is 15.7 Å². The fourth-order valence-corrected chi connectivity index (χ4v) is 5.72. The summed E-state index contributed by atoms with van der Waals surface area (Å²) >= 11 is 0. The number of fused-ring (bicyclic) bond motifs is 2. The third kappa shape index (κ3) is 7.36. The van der Waals surface area contributed by atoms with Crippen molar-refractivity contribution in [3.63, 3.8) is 0 Å². The molecule has 1 N–H and O–H groups in total. The first kappa shape index (κ1) is 35.3. The molecule has 0 saturated heterocycles. The van der Waals surface area contributed by atoms with Crippen molar-refractivity contribution in [2.45, 2.75) is 51.9 Å². The molecule has 1 unspecified atom stereocenters. The third-order valence-electron chi connectivity index (χ3n) is 8.45. The van der Waals surface area contributed by atoms with Gasteiger partial charge in [0.25, 0.3) is 17.5 Å². The van der Waals surface area contributed by atoms with E-state index < -0.39 is 46.4 Å². The first-order valence-corrected chi connectivity index (χ1v) is 16.0. The topological polar surface area (TPSA) is 152 Å². The Morgan fingerprint density at radius 2 is 1.62 bits per heavy atom. The van der Waals surface area contributed by atoms with E-state index in [-0.39, 0.29) is 24.3 Å². The zero-order valence-electron chi connectivity index (χ0n) is 28.7. The Kier molecular flexibility index (Phi) is 10.1. The second-order valence-corrected chi connectivity index (χ2v) is 12.9. The Balaban J connectivity index is 1.58. The van der Waals surface area contributed by atoms with E-state index in [9.17, 15) is 29.3 Å². The molecule has 13 heteroatoms. The number of amides is 4. The van der Waals surface area contributed by atoms with Crippen LogP contribution in [0.25, 0.3) is 10.8 Å². The van der Waals surface area contributed by atoms with E-state index >= 15 is 0 Å². The van der Waals surface area contributed by atoms with Gasteiger partial charge >= 0.3 is 6.09 Å². The number of carbonyl (C=O) groups excluding carboxylic acids is 4. The van der Waals surface area contributed by atoms with Crippen LogP contribution in [0.1, 0.15) is 43.6 Å². The van der Waals surface area contributed by atoms with Crippen molar-refractivity contribution in [2.24, 2.45) is 0 Å². The van der Waals surface area contributed by atoms with Gasteiger partial charge in [-0.25, -0.2) is 4.79 Å². The largest absolute Gasteiger partial charge is 0.496 e. The number of non-ortho nitro benzene ring substituents is 1. The second kappa shape index (κ2) is 14.2. The number of nitro benzene ring substituents is 1. The normalized spacial score (nSPS) is 15.1. The first-order chi connectivity index (χ1) is 23.7. The molecule has 0 radical (unpaired) electrons. The number of benzene rings is 4. The molecule has 13 nitrogen and oxygen atoms in total. The number of nitrogens with one attached hydrogen (secondary N) is 1. The molecule has 0 bridgehead atoms. The molecule has 0 aromatic heterocycles. The molecular formula is C37H39N5O8. The van der Waals surface area contributed by atoms with Crippen LogP contribution in [0.15, 0.2) is 84.9 Å². The molecule has 1 aliphatic heterocycles. The highest BCUT2D eigenvalue weighted by Crippen LogP contribution is 2.37. The van der Waals surface area contributed by atoms with Gasteiger partial charge in [0.2, 0.25) is 5.91 Å². The van der Waals surface area contributed by atoms with Crippen LogP contribution in [0.3, 0.4) is 0 Å². The number of methoxy groups -OCH3 is 1. The fourth-order valence-electron chi connectivity index (χ4n) is 5.72. The van der Waals surface area contributed by atoms with Crippen LogP contribution in [0, 0.1) is 10.1 Å². The van der Waals surface area contributed by atoms with Crippen molar-refractivity contribution in [3.8, 4) is 5.75 Å². The first-order valence-electron chi connectivity index (χ1n) is 16.0. The van der Waals surface area contributed by atoms with Crippen molar-refractivity contribution in [1.29, 1.82) is 0 Å². The summed E-state index contributed by atoms with van der Waals surface area (Å²) in [6.45, 7) is 6.39. The Bertz CT molecular complexity index is 1960. The number of ether oxygens (including phenoxy) is 2. The summed E-state index contributed by atoms with van der Waals surface area (Å²) in [5.74, 6) is -1.15. The average Bonchev–Trinajstić information content (AvgIpc) is 3.20. The molecule has 4 aromatic rings. The van der Waals surface area contributed by atoms with Gasteiger partial charge in [-0.3, -0.25) is 29.4 Å². The van der Waals surface area contributed by atoms with Gasteiger partial charge in [0.1, 0.15) is 23.4 Å². The van der Waals surface area contributed by atoms with Crippen LogP contribution in [0.2, 0.25) is 0 Å². The summed E-state index contributed by atoms with van der Waals surface area (Å²) in [5, 5.41) is 15.9. The highest BCUT2D eigenvalue weighted by atomic mass is 16.6. The minimum Gasteiger partial charge on any atom is -0.496 e. The minimum atomic E-state index is -1.27. The minimum absolute atomic E-state index is 0.0275. The van der Waals surface area contributed by atoms with E-state index in [0.29, 0.717) is 22.7 Å². The molecule has 50 heavy (non-hydrogen) atoms. The number of anilines is 2. The lowest BCUT2D eigenvalue weighted by molar-refractivity contribution is -0.384. The van der Waals surface area contributed by atoms with Crippen molar-refractivity contribution < 1.29 is 33.6 Å². The van der Waals surface area contributed by atoms with Crippen LogP contribution in [-0.4, -0.2) is 72.0 Å². The van der Waals surface area contributed by atoms with E-state index in [1.54, 1.807) is 52.1 Å². The molecule has 5 rings (SSSR count). The molecule has 260 valence electrons. The summed E-state index contributed by atoms with van der Waals surface area (Å²) in [7, 11) is 2.97. The summed E-state index contributed by atoms with van der Waals surface area (Å²) in [6, 6.07) is 21.1. The van der Waals surface area contributed by atoms with Gasteiger partial charge in [0, 0.05) is 30.3 Å². The van der Waals surface area contributed by atoms with E-state index in [4.69, 9.17) is 9.47 Å². The van der Waals surface area contributed by atoms with E-state index in [1.807, 2.05) is 36.4 Å². The average molecular weight is 682 g/mol. The van der Waals surface area contributed by atoms with Crippen molar-refractivity contribution in [3.05, 3.63) is 106 Å². The molecule has 4 amide bonds. The molecule has 2 atom stereocenters. The maximum Gasteiger partial charge on any atom is 0.410 e. The van der Waals surface area contributed by atoms with Gasteiger partial charge in [-0.15, -0.1) is 0 Å². The van der Waals surface area contributed by atoms with Crippen LogP contribution < -0.4 is 19.9 Å². The highest BCUT2D eigenvalue weighted by Gasteiger charge is 2.39. The molecule has 1 aliphatic rings. The molecule has 0 spiro atoms. The summed E-state index contributed by atoms with van der Waals surface area (Å²) in [6.07, 6.45) is -0.723. The van der Waals surface area contributed by atoms with E-state index in [2.05, 4.69) is 5.32 Å². The second-order valence-electron chi connectivity index (χ2n) is 12.9. The van der Waals surface area contributed by atoms with Crippen LogP contribution in [0.4, 0.5) is 21.9 Å². The predicted octanol–water partition coefficient (Wildman–Crippen LogP) is 5.69. The Hall–Kier alpha value is -5.98. The number of rotatable bonds is 8. The number of nitrogens with zero attached hydrogens (tertiary/aromatic N) is 4. The lowest BCUT2D eigenvalue weighted by Gasteiger charge is -2.30. The predicted molar refractivity (Wildman–Crippen MR) is 188 cm³/mol. The van der Waals surface area contributed by atoms with Crippen molar-refractivity contribution in [2.75, 3.05) is 30.5 Å². The van der Waals surface area contributed by atoms with Gasteiger partial charge in [-0.05, 0) is 68.8 Å². The number of likely N-dealkylation sites (N-methyl/N-ethyl adjacent to an activating group) is 1. The summed E-state index contributed by atoms with van der Waals surface area (Å²) < 4.78 is 11.2. The maximum atomic E-state index is 14.7. The number of nitro groups is 1. The molecule has 4 aromatic carbocycles. The van der Waals surface area contributed by atoms with Crippen LogP contribution in [0.5, 0.6) is 5.75 Å². The van der Waals surface area contributed by atoms with E-state index in [1.165, 1.54) is 48.0 Å². The number of hydrogen-bond donors (Lipinski definition) is 1. The lowest BCUT2D eigenvalue weighted by atomic mass is 10.0. The number of para-hydroxylation sites is 2. The lowest BCUT2D eigenvalue weighted by Crippen LogP contribution is -2.57. The summed E-state index contributed by atoms with van der Waals surface area (Å²) in [5.41, 5.74) is 0.665. The van der Waals surface area contributed by atoms with Crippen LogP contribution in [-0.2, 0) is 20.9 Å². The van der Waals surface area contributed by atoms with Gasteiger partial charge in [0.15, 0.2) is 0 Å². The molecule has 1 heterocycles. The maximum absolute atomic E-state index is 14.7. The number of hydrogen-bond acceptors (Lipinski definition) is 8. The Labute approximate surface area is 289 Å². The van der Waals surface area contributed by atoms with Crippen molar-refractivity contribution >= 4 is 51.6 Å². The van der Waals surface area contributed by atoms with Crippen molar-refractivity contribution in [1.82, 2.24) is 10.2 Å². The molecule has 0 fully saturated rings. The zero-order valence-corrected chi connectivity index (χ0v) is 28.7. The Morgan fingerprint density at radius 3 is 2.26 bits per heavy atom. The quantitative estimate of drug-likeness (QED) is 0.184. The molecule has 0 saturated carbocycles. The van der Waals surface area contributed by atoms with Gasteiger partial charge in [-0.2, -0.15) is 0 Å². The summed E-state index contributed by atoms with van der Waals surface area (Å²) in [4.78, 5) is 70.1. The number of carbonyl (C=O) groups is 4. The third-order valence-corrected chi connectivity index (χ3v) is 8.45. The zero-order chi connectivity index (χ0) is 36.3. The van der Waals surface area contributed by atoms with Gasteiger partial charge in [-0.1, -0.05) is 42.5 Å². The van der Waals surface area contributed by atoms with Crippen LogP contribution >= 0.6 is 0 Å². The molecule has 0 aliphatic carbocycles. The van der Waals surface area contributed by atoms with Gasteiger partial charge in [0.05, 0.1) is 36.5 Å². The highest BCUT2D eigenvalue weighted by molar-refractivity contribution is 6.13. The molecular weight excluding hydrogens is 642 g/mol. The standard InChI is InChI=1S/C37H39N5O8/c1-23(39(5)36(46)50-37(2,3)4)33(43)38-29-22-41(34(44)25-15-18-26(19-16-25)42(47)48)31-14-10-9-13-30(31)40(35(29)45)21-28-27-12-8-7-11-24(27)17-20-32(28)49-6/h7-20,23,29H,21-22H2,1-6H3,(H,38,43)/t23?,29-/m0/s1. The smallest absolute Gasteiger partial charge is 0.410 e.